The van der Waals surface area contributed by atoms with E-state index >= 15 is 0 Å². The topological polar surface area (TPSA) is 150 Å². The molecule has 3 rings (SSSR count). The van der Waals surface area contributed by atoms with Gasteiger partial charge in [0.05, 0.1) is 10.3 Å². The fourth-order valence-corrected chi connectivity index (χ4v) is 3.66. The van der Waals surface area contributed by atoms with Gasteiger partial charge in [0.2, 0.25) is 10.0 Å². The van der Waals surface area contributed by atoms with Crippen LogP contribution in [0.25, 0.3) is 10.8 Å². The summed E-state index contributed by atoms with van der Waals surface area (Å²) in [5.41, 5.74) is 3.17. The average Bonchev–Trinajstić information content (AvgIpc) is 2.76. The predicted molar refractivity (Wildman–Crippen MR) is 105 cm³/mol. The lowest BCUT2D eigenvalue weighted by Gasteiger charge is -2.11. The van der Waals surface area contributed by atoms with Gasteiger partial charge in [-0.3, -0.25) is 25.2 Å². The van der Waals surface area contributed by atoms with Crippen molar-refractivity contribution in [1.29, 1.82) is 0 Å². The van der Waals surface area contributed by atoms with Crippen LogP contribution in [-0.4, -0.2) is 43.2 Å². The number of rotatable bonds is 5. The van der Waals surface area contributed by atoms with Crippen molar-refractivity contribution in [3.8, 4) is 0 Å². The number of hydrogen-bond donors (Lipinski definition) is 4. The largest absolute Gasteiger partial charge is 0.402 e. The van der Waals surface area contributed by atoms with E-state index < -0.39 is 45.0 Å². The Bertz CT molecular complexity index is 1350. The molecule has 0 saturated carbocycles. The summed E-state index contributed by atoms with van der Waals surface area (Å²) in [7, 11) is -4.53. The van der Waals surface area contributed by atoms with Gasteiger partial charge in [-0.1, -0.05) is 24.3 Å². The van der Waals surface area contributed by atoms with Crippen LogP contribution in [0.1, 0.15) is 20.8 Å². The van der Waals surface area contributed by atoms with E-state index in [1.165, 1.54) is 22.9 Å². The van der Waals surface area contributed by atoms with Gasteiger partial charge in [-0.15, -0.1) is 0 Å². The van der Waals surface area contributed by atoms with E-state index in [1.54, 1.807) is 12.1 Å². The van der Waals surface area contributed by atoms with Crippen LogP contribution < -0.4 is 21.1 Å². The minimum Gasteiger partial charge on any atom is -0.267 e. The Kier molecular flexibility index (Phi) is 6.27. The molecule has 32 heavy (non-hydrogen) atoms. The SMILES string of the molecule is O=C(NNC(=O)c1n[nH]c(=O)c2ccccc12)c1cccc(S(=O)(=O)NCC(F)(F)F)c1. The molecule has 1 aromatic heterocycles. The molecular weight excluding hydrogens is 455 g/mol. The van der Waals surface area contributed by atoms with Gasteiger partial charge < -0.3 is 0 Å². The molecule has 0 aliphatic rings. The molecule has 2 aromatic carbocycles. The summed E-state index contributed by atoms with van der Waals surface area (Å²) in [5, 5.41) is 6.25. The van der Waals surface area contributed by atoms with Crippen LogP contribution in [0, 0.1) is 0 Å². The predicted octanol–water partition coefficient (Wildman–Crippen LogP) is 0.838. The Balaban J connectivity index is 1.74. The van der Waals surface area contributed by atoms with Gasteiger partial charge in [0.1, 0.15) is 6.54 Å². The molecule has 0 atom stereocenters. The number of carbonyl (C=O) groups is 2. The zero-order valence-corrected chi connectivity index (χ0v) is 16.7. The maximum absolute atomic E-state index is 12.4. The van der Waals surface area contributed by atoms with Crippen molar-refractivity contribution in [2.75, 3.05) is 6.54 Å². The van der Waals surface area contributed by atoms with Gasteiger partial charge in [0.25, 0.3) is 17.4 Å². The molecule has 0 bridgehead atoms. The lowest BCUT2D eigenvalue weighted by atomic mass is 10.1. The summed E-state index contributed by atoms with van der Waals surface area (Å²) < 4.78 is 62.3. The highest BCUT2D eigenvalue weighted by atomic mass is 32.2. The number of amides is 2. The second-order valence-corrected chi connectivity index (χ2v) is 8.09. The number of H-pyrrole nitrogens is 1. The zero-order chi connectivity index (χ0) is 23.5. The average molecular weight is 469 g/mol. The van der Waals surface area contributed by atoms with E-state index in [9.17, 15) is 36.0 Å². The highest BCUT2D eigenvalue weighted by Gasteiger charge is 2.30. The number of fused-ring (bicyclic) bond motifs is 1. The number of nitrogens with one attached hydrogen (secondary N) is 4. The van der Waals surface area contributed by atoms with Crippen molar-refractivity contribution in [3.63, 3.8) is 0 Å². The van der Waals surface area contributed by atoms with Gasteiger partial charge in [-0.25, -0.2) is 18.2 Å². The van der Waals surface area contributed by atoms with E-state index in [1.807, 2.05) is 5.43 Å². The van der Waals surface area contributed by atoms with Crippen LogP contribution in [0.5, 0.6) is 0 Å². The van der Waals surface area contributed by atoms with Gasteiger partial charge in [-0.2, -0.15) is 18.3 Å². The van der Waals surface area contributed by atoms with Crippen molar-refractivity contribution in [3.05, 3.63) is 70.1 Å². The van der Waals surface area contributed by atoms with E-state index in [4.69, 9.17) is 0 Å². The third kappa shape index (κ3) is 5.28. The van der Waals surface area contributed by atoms with Gasteiger partial charge in [0, 0.05) is 10.9 Å². The summed E-state index contributed by atoms with van der Waals surface area (Å²) >= 11 is 0. The highest BCUT2D eigenvalue weighted by molar-refractivity contribution is 7.89. The van der Waals surface area contributed by atoms with Crippen molar-refractivity contribution < 1.29 is 31.2 Å². The highest BCUT2D eigenvalue weighted by Crippen LogP contribution is 2.16. The Morgan fingerprint density at radius 1 is 0.969 bits per heavy atom. The summed E-state index contributed by atoms with van der Waals surface area (Å²) in [5.74, 6) is -1.82. The van der Waals surface area contributed by atoms with Crippen molar-refractivity contribution in [2.24, 2.45) is 0 Å². The second-order valence-electron chi connectivity index (χ2n) is 6.32. The number of carbonyl (C=O) groups excluding carboxylic acids is 2. The molecule has 2 amide bonds. The number of benzene rings is 2. The van der Waals surface area contributed by atoms with Crippen molar-refractivity contribution in [1.82, 2.24) is 25.8 Å². The molecule has 0 spiro atoms. The van der Waals surface area contributed by atoms with Crippen LogP contribution in [0.2, 0.25) is 0 Å². The fraction of sp³-hybridized carbons (Fsp3) is 0.111. The van der Waals surface area contributed by atoms with Crippen LogP contribution >= 0.6 is 0 Å². The number of hydrogen-bond acceptors (Lipinski definition) is 6. The molecule has 10 nitrogen and oxygen atoms in total. The molecule has 4 N–H and O–H groups in total. The summed E-state index contributed by atoms with van der Waals surface area (Å²) in [6.45, 7) is -1.78. The molecule has 0 saturated heterocycles. The number of aromatic amines is 1. The Morgan fingerprint density at radius 2 is 1.62 bits per heavy atom. The Labute approximate surface area is 177 Å². The number of aromatic nitrogens is 2. The van der Waals surface area contributed by atoms with Gasteiger partial charge in [-0.05, 0) is 24.3 Å². The third-order valence-corrected chi connectivity index (χ3v) is 5.47. The molecule has 0 aliphatic heterocycles. The molecule has 3 aromatic rings. The molecule has 0 unspecified atom stereocenters. The molecule has 0 radical (unpaired) electrons. The quantitative estimate of drug-likeness (QED) is 0.407. The Hall–Kier alpha value is -3.78. The molecule has 168 valence electrons. The maximum atomic E-state index is 12.4. The minimum atomic E-state index is -4.76. The molecule has 14 heteroatoms. The first-order chi connectivity index (χ1) is 15.0. The number of sulfonamides is 1. The van der Waals surface area contributed by atoms with Crippen LogP contribution in [-0.2, 0) is 10.0 Å². The van der Waals surface area contributed by atoms with E-state index in [-0.39, 0.29) is 22.0 Å². The number of nitrogens with zero attached hydrogens (tertiary/aromatic N) is 1. The lowest BCUT2D eigenvalue weighted by molar-refractivity contribution is -0.121. The number of hydrazine groups is 1. The van der Waals surface area contributed by atoms with Gasteiger partial charge >= 0.3 is 6.18 Å². The summed E-state index contributed by atoms with van der Waals surface area (Å²) in [6, 6.07) is 10.3. The normalized spacial score (nSPS) is 11.8. The first-order valence-corrected chi connectivity index (χ1v) is 10.2. The smallest absolute Gasteiger partial charge is 0.267 e. The third-order valence-electron chi connectivity index (χ3n) is 4.07. The molecule has 0 aliphatic carbocycles. The Morgan fingerprint density at radius 3 is 2.31 bits per heavy atom. The molecular formula is C18H14F3N5O5S. The molecule has 0 fully saturated rings. The fourth-order valence-electron chi connectivity index (χ4n) is 2.60. The van der Waals surface area contributed by atoms with E-state index in [0.717, 1.165) is 18.2 Å². The first kappa shape index (κ1) is 22.9. The number of alkyl halides is 3. The molecule has 1 heterocycles. The monoisotopic (exact) mass is 469 g/mol. The maximum Gasteiger partial charge on any atom is 0.402 e. The lowest BCUT2D eigenvalue weighted by Crippen LogP contribution is -2.42. The standard InChI is InChI=1S/C18H14F3N5O5S/c19-18(20,21)9-22-32(30,31)11-5-3-4-10(8-11)15(27)24-26-17(29)14-12-6-1-2-7-13(12)16(28)25-23-14/h1-8,22H,9H2,(H,24,27)(H,25,28)(H,26,29). The summed E-state index contributed by atoms with van der Waals surface area (Å²) in [4.78, 5) is 35.9. The second kappa shape index (κ2) is 8.76. The zero-order valence-electron chi connectivity index (χ0n) is 15.9. The minimum absolute atomic E-state index is 0.187. The summed E-state index contributed by atoms with van der Waals surface area (Å²) in [6.07, 6.45) is -4.76. The van der Waals surface area contributed by atoms with E-state index in [2.05, 4.69) is 15.6 Å². The van der Waals surface area contributed by atoms with Crippen LogP contribution in [0.4, 0.5) is 13.2 Å². The van der Waals surface area contributed by atoms with Gasteiger partial charge in [0.15, 0.2) is 5.69 Å². The first-order valence-electron chi connectivity index (χ1n) is 8.72. The van der Waals surface area contributed by atoms with Crippen molar-refractivity contribution >= 4 is 32.6 Å². The number of halogens is 3. The van der Waals surface area contributed by atoms with Crippen LogP contribution in [0.3, 0.4) is 0 Å². The van der Waals surface area contributed by atoms with Crippen LogP contribution in [0.15, 0.2) is 58.2 Å². The van der Waals surface area contributed by atoms with E-state index in [0.29, 0.717) is 0 Å². The van der Waals surface area contributed by atoms with Crippen molar-refractivity contribution in [2.45, 2.75) is 11.1 Å².